The average Bonchev–Trinajstić information content (AvgIpc) is 2.78. The van der Waals surface area contributed by atoms with E-state index in [4.69, 9.17) is 4.74 Å². The van der Waals surface area contributed by atoms with Crippen LogP contribution in [0.15, 0.2) is 22.7 Å². The highest BCUT2D eigenvalue weighted by molar-refractivity contribution is 9.10. The lowest BCUT2D eigenvalue weighted by atomic mass is 9.93. The molecule has 1 aliphatic carbocycles. The number of nitrogens with one attached hydrogen (secondary N) is 1. The molecule has 1 aromatic carbocycles. The van der Waals surface area contributed by atoms with Gasteiger partial charge < -0.3 is 10.1 Å². The number of anilines is 1. The Labute approximate surface area is 139 Å². The van der Waals surface area contributed by atoms with Gasteiger partial charge in [0.05, 0.1) is 7.11 Å². The number of hydrogen-bond acceptors (Lipinski definition) is 3. The quantitative estimate of drug-likeness (QED) is 0.650. The van der Waals surface area contributed by atoms with Crippen molar-refractivity contribution >= 4 is 33.5 Å². The zero-order valence-corrected chi connectivity index (χ0v) is 15.4. The van der Waals surface area contributed by atoms with Crippen LogP contribution in [0.25, 0.3) is 0 Å². The molecule has 1 N–H and O–H groups in total. The molecular formula is C17H22BrNO3. The van der Waals surface area contributed by atoms with Gasteiger partial charge in [0.2, 0.25) is 5.91 Å². The first-order valence-corrected chi connectivity index (χ1v) is 7.99. The van der Waals surface area contributed by atoms with Gasteiger partial charge in [0.1, 0.15) is 0 Å². The van der Waals surface area contributed by atoms with E-state index in [0.29, 0.717) is 5.69 Å². The van der Waals surface area contributed by atoms with Gasteiger partial charge in [-0.2, -0.15) is 0 Å². The summed E-state index contributed by atoms with van der Waals surface area (Å²) < 4.78 is 5.89. The maximum atomic E-state index is 12.9. The molecule has 1 aliphatic rings. The summed E-state index contributed by atoms with van der Waals surface area (Å²) in [4.78, 5) is 25.3. The van der Waals surface area contributed by atoms with Gasteiger partial charge in [-0.25, -0.2) is 0 Å². The molecule has 0 radical (unpaired) electrons. The van der Waals surface area contributed by atoms with Crippen molar-refractivity contribution < 1.29 is 14.3 Å². The minimum absolute atomic E-state index is 0.306. The third-order valence-corrected chi connectivity index (χ3v) is 6.14. The van der Waals surface area contributed by atoms with Crippen molar-refractivity contribution in [3.63, 3.8) is 0 Å². The number of carbonyl (C=O) groups is 2. The molecule has 1 amide bonds. The van der Waals surface area contributed by atoms with E-state index < -0.39 is 22.2 Å². The largest absolute Gasteiger partial charge is 0.468 e. The maximum Gasteiger partial charge on any atom is 0.322 e. The Morgan fingerprint density at radius 1 is 1.14 bits per heavy atom. The second-order valence-corrected chi connectivity index (χ2v) is 7.82. The van der Waals surface area contributed by atoms with Crippen molar-refractivity contribution in [2.24, 2.45) is 16.2 Å². The summed E-state index contributed by atoms with van der Waals surface area (Å²) in [5.74, 6) is -0.783. The molecular weight excluding hydrogens is 346 g/mol. The molecule has 1 aromatic rings. The van der Waals surface area contributed by atoms with Crippen molar-refractivity contribution in [3.8, 4) is 0 Å². The lowest BCUT2D eigenvalue weighted by Gasteiger charge is -2.19. The Morgan fingerprint density at radius 2 is 1.68 bits per heavy atom. The van der Waals surface area contributed by atoms with Gasteiger partial charge in [-0.05, 0) is 41.5 Å². The van der Waals surface area contributed by atoms with E-state index in [0.717, 1.165) is 10.0 Å². The maximum absolute atomic E-state index is 12.9. The van der Waals surface area contributed by atoms with E-state index in [1.54, 1.807) is 0 Å². The van der Waals surface area contributed by atoms with Crippen LogP contribution in [0.3, 0.4) is 0 Å². The minimum atomic E-state index is -1.17. The molecule has 4 nitrogen and oxygen atoms in total. The van der Waals surface area contributed by atoms with Gasteiger partial charge in [-0.3, -0.25) is 9.59 Å². The Hall–Kier alpha value is -1.36. The van der Waals surface area contributed by atoms with Crippen LogP contribution in [-0.2, 0) is 14.3 Å². The number of ether oxygens (including phenoxy) is 1. The minimum Gasteiger partial charge on any atom is -0.468 e. The zero-order chi connectivity index (χ0) is 16.9. The molecule has 0 aliphatic heterocycles. The van der Waals surface area contributed by atoms with Crippen molar-refractivity contribution in [3.05, 3.63) is 28.2 Å². The van der Waals surface area contributed by atoms with Crippen molar-refractivity contribution in [1.82, 2.24) is 0 Å². The third kappa shape index (κ3) is 1.94. The summed E-state index contributed by atoms with van der Waals surface area (Å²) in [6.07, 6.45) is 0. The summed E-state index contributed by atoms with van der Waals surface area (Å²) in [5, 5.41) is 2.91. The molecule has 22 heavy (non-hydrogen) atoms. The molecule has 1 saturated carbocycles. The molecule has 2 rings (SSSR count). The SMILES string of the molecule is COC(=O)C1(C(=O)Nc2ccc(Br)cc2C)C(C)(C)C1(C)C. The van der Waals surface area contributed by atoms with Crippen molar-refractivity contribution in [1.29, 1.82) is 0 Å². The van der Waals surface area contributed by atoms with E-state index in [9.17, 15) is 9.59 Å². The number of halogens is 1. The zero-order valence-electron chi connectivity index (χ0n) is 13.8. The molecule has 120 valence electrons. The van der Waals surface area contributed by atoms with Gasteiger partial charge in [0.15, 0.2) is 5.41 Å². The molecule has 0 aromatic heterocycles. The van der Waals surface area contributed by atoms with Crippen molar-refractivity contribution in [2.75, 3.05) is 12.4 Å². The topological polar surface area (TPSA) is 55.4 Å². The molecule has 0 heterocycles. The van der Waals surface area contributed by atoms with Crippen LogP contribution >= 0.6 is 15.9 Å². The van der Waals surface area contributed by atoms with Crippen molar-refractivity contribution in [2.45, 2.75) is 34.6 Å². The first kappa shape index (κ1) is 17.0. The van der Waals surface area contributed by atoms with Crippen LogP contribution in [0.5, 0.6) is 0 Å². The lowest BCUT2D eigenvalue weighted by molar-refractivity contribution is -0.153. The summed E-state index contributed by atoms with van der Waals surface area (Å²) >= 11 is 3.40. The number of methoxy groups -OCH3 is 1. The number of carbonyl (C=O) groups excluding carboxylic acids is 2. The monoisotopic (exact) mass is 367 g/mol. The normalized spacial score (nSPS) is 20.1. The molecule has 0 saturated heterocycles. The first-order valence-electron chi connectivity index (χ1n) is 7.20. The average molecular weight is 368 g/mol. The smallest absolute Gasteiger partial charge is 0.322 e. The van der Waals surface area contributed by atoms with E-state index in [-0.39, 0.29) is 5.91 Å². The van der Waals surface area contributed by atoms with E-state index >= 15 is 0 Å². The van der Waals surface area contributed by atoms with Crippen LogP contribution in [-0.4, -0.2) is 19.0 Å². The van der Waals surface area contributed by atoms with Gasteiger partial charge in [0, 0.05) is 10.2 Å². The molecule has 5 heteroatoms. The Balaban J connectivity index is 2.40. The highest BCUT2D eigenvalue weighted by atomic mass is 79.9. The Kier molecular flexibility index (Phi) is 3.93. The van der Waals surface area contributed by atoms with Crippen LogP contribution in [0.2, 0.25) is 0 Å². The second-order valence-electron chi connectivity index (χ2n) is 6.90. The molecule has 0 spiro atoms. The lowest BCUT2D eigenvalue weighted by Crippen LogP contribution is -2.38. The number of aryl methyl sites for hydroxylation is 1. The number of hydrogen-bond donors (Lipinski definition) is 1. The van der Waals surface area contributed by atoms with Gasteiger partial charge in [0.25, 0.3) is 0 Å². The highest BCUT2D eigenvalue weighted by Gasteiger charge is 2.86. The molecule has 0 unspecified atom stereocenters. The molecule has 0 bridgehead atoms. The number of esters is 1. The highest BCUT2D eigenvalue weighted by Crippen LogP contribution is 2.78. The Morgan fingerprint density at radius 3 is 2.09 bits per heavy atom. The predicted molar refractivity (Wildman–Crippen MR) is 89.5 cm³/mol. The summed E-state index contributed by atoms with van der Waals surface area (Å²) in [6, 6.07) is 5.60. The fourth-order valence-corrected chi connectivity index (χ4v) is 4.10. The summed E-state index contributed by atoms with van der Waals surface area (Å²) in [7, 11) is 1.33. The molecule has 1 fully saturated rings. The number of benzene rings is 1. The summed E-state index contributed by atoms with van der Waals surface area (Å²) in [6.45, 7) is 9.63. The van der Waals surface area contributed by atoms with E-state index in [1.807, 2.05) is 52.8 Å². The second kappa shape index (κ2) is 5.08. The first-order chi connectivity index (χ1) is 10.0. The summed E-state index contributed by atoms with van der Waals surface area (Å²) in [5.41, 5.74) is -0.483. The van der Waals surface area contributed by atoms with Crippen LogP contribution < -0.4 is 5.32 Å². The van der Waals surface area contributed by atoms with Crippen LogP contribution in [0.4, 0.5) is 5.69 Å². The Bertz CT molecular complexity index is 635. The fraction of sp³-hybridized carbons (Fsp3) is 0.529. The van der Waals surface area contributed by atoms with E-state index in [1.165, 1.54) is 7.11 Å². The van der Waals surface area contributed by atoms with Crippen LogP contribution in [0, 0.1) is 23.2 Å². The molecule has 0 atom stereocenters. The van der Waals surface area contributed by atoms with Gasteiger partial charge in [-0.1, -0.05) is 43.6 Å². The third-order valence-electron chi connectivity index (χ3n) is 5.64. The van der Waals surface area contributed by atoms with Crippen LogP contribution in [0.1, 0.15) is 33.3 Å². The van der Waals surface area contributed by atoms with Gasteiger partial charge in [-0.15, -0.1) is 0 Å². The standard InChI is InChI=1S/C17H22BrNO3/c1-10-9-11(18)7-8-12(10)19-13(20)17(14(21)22-6)15(2,3)16(17,4)5/h7-9H,1-6H3,(H,19,20). The van der Waals surface area contributed by atoms with Gasteiger partial charge >= 0.3 is 5.97 Å². The predicted octanol–water partition coefficient (Wildman–Crippen LogP) is 3.92. The number of amides is 1. The fourth-order valence-electron chi connectivity index (χ4n) is 3.62. The number of rotatable bonds is 3. The van der Waals surface area contributed by atoms with E-state index in [2.05, 4.69) is 21.2 Å².